The summed E-state index contributed by atoms with van der Waals surface area (Å²) in [4.78, 5) is 15.5. The van der Waals surface area contributed by atoms with Crippen LogP contribution in [0.3, 0.4) is 0 Å². The minimum absolute atomic E-state index is 0.0182. The van der Waals surface area contributed by atoms with Gasteiger partial charge in [-0.15, -0.1) is 0 Å². The molecular weight excluding hydrogens is 355 g/mol. The molecule has 2 saturated carbocycles. The molecule has 0 radical (unpaired) electrons. The molecule has 1 amide bonds. The number of fused-ring (bicyclic) bond motifs is 1. The van der Waals surface area contributed by atoms with Crippen molar-refractivity contribution in [3.8, 4) is 0 Å². The second-order valence-corrected chi connectivity index (χ2v) is 9.89. The average molecular weight is 395 g/mol. The molecule has 0 aromatic carbocycles. The van der Waals surface area contributed by atoms with E-state index in [1.807, 2.05) is 0 Å². The molecule has 0 spiro atoms. The third-order valence-corrected chi connectivity index (χ3v) is 8.11. The molecule has 2 heterocycles. The number of carbonyl (C=O) groups is 1. The van der Waals surface area contributed by atoms with Crippen LogP contribution in [0.4, 0.5) is 4.39 Å². The number of halogens is 1. The third kappa shape index (κ3) is 4.39. The number of hydrogen-bond acceptors (Lipinski definition) is 4. The van der Waals surface area contributed by atoms with E-state index in [2.05, 4.69) is 34.8 Å². The highest BCUT2D eigenvalue weighted by Crippen LogP contribution is 2.38. The monoisotopic (exact) mass is 394 g/mol. The van der Waals surface area contributed by atoms with Crippen molar-refractivity contribution in [2.45, 2.75) is 101 Å². The molecule has 3 N–H and O–H groups in total. The first-order valence-corrected chi connectivity index (χ1v) is 11.7. The third-order valence-electron chi connectivity index (χ3n) is 8.11. The second kappa shape index (κ2) is 8.97. The zero-order chi connectivity index (χ0) is 19.7. The molecule has 0 aromatic rings. The van der Waals surface area contributed by atoms with Gasteiger partial charge in [0, 0.05) is 30.1 Å². The molecule has 0 bridgehead atoms. The first-order valence-electron chi connectivity index (χ1n) is 11.7. The van der Waals surface area contributed by atoms with Crippen molar-refractivity contribution in [2.24, 2.45) is 11.8 Å². The predicted octanol–water partition coefficient (Wildman–Crippen LogP) is 2.21. The molecule has 5 nitrogen and oxygen atoms in total. The number of alkyl halides is 1. The molecule has 2 saturated heterocycles. The highest BCUT2D eigenvalue weighted by molar-refractivity contribution is 5.82. The summed E-state index contributed by atoms with van der Waals surface area (Å²) in [5.41, 5.74) is 0. The van der Waals surface area contributed by atoms with Crippen molar-refractivity contribution in [2.75, 3.05) is 20.1 Å². The Morgan fingerprint density at radius 3 is 2.57 bits per heavy atom. The normalized spacial score (nSPS) is 42.4. The SMILES string of the molecule is CC1CCC(F)C2CC(C(=O)NC3CCCC(N(C)C4CCNCC4)C3)NC12. The molecule has 2 aliphatic heterocycles. The largest absolute Gasteiger partial charge is 0.352 e. The fourth-order valence-electron chi connectivity index (χ4n) is 6.28. The van der Waals surface area contributed by atoms with Gasteiger partial charge in [-0.2, -0.15) is 0 Å². The maximum Gasteiger partial charge on any atom is 0.237 e. The topological polar surface area (TPSA) is 56.4 Å². The lowest BCUT2D eigenvalue weighted by molar-refractivity contribution is -0.124. The van der Waals surface area contributed by atoms with Gasteiger partial charge in [0.05, 0.1) is 6.04 Å². The van der Waals surface area contributed by atoms with Crippen molar-refractivity contribution >= 4 is 5.91 Å². The lowest BCUT2D eigenvalue weighted by Gasteiger charge is -2.41. The summed E-state index contributed by atoms with van der Waals surface area (Å²) in [7, 11) is 2.27. The lowest BCUT2D eigenvalue weighted by Crippen LogP contribution is -2.52. The van der Waals surface area contributed by atoms with Crippen molar-refractivity contribution in [1.82, 2.24) is 20.9 Å². The van der Waals surface area contributed by atoms with Crippen LogP contribution in [0.5, 0.6) is 0 Å². The molecular formula is C22H39FN4O. The number of nitrogens with one attached hydrogen (secondary N) is 3. The van der Waals surface area contributed by atoms with Crippen molar-refractivity contribution < 1.29 is 9.18 Å². The van der Waals surface area contributed by atoms with Gasteiger partial charge < -0.3 is 20.9 Å². The van der Waals surface area contributed by atoms with E-state index in [-0.39, 0.29) is 30.0 Å². The summed E-state index contributed by atoms with van der Waals surface area (Å²) in [6.45, 7) is 4.43. The first-order chi connectivity index (χ1) is 13.5. The van der Waals surface area contributed by atoms with Crippen molar-refractivity contribution in [1.29, 1.82) is 0 Å². The van der Waals surface area contributed by atoms with Gasteiger partial charge in [-0.25, -0.2) is 4.39 Å². The van der Waals surface area contributed by atoms with Crippen LogP contribution in [-0.2, 0) is 4.79 Å². The van der Waals surface area contributed by atoms with Crippen LogP contribution in [0.2, 0.25) is 0 Å². The van der Waals surface area contributed by atoms with Crippen LogP contribution in [0.1, 0.15) is 64.7 Å². The molecule has 4 rings (SSSR count). The van der Waals surface area contributed by atoms with Crippen molar-refractivity contribution in [3.63, 3.8) is 0 Å². The van der Waals surface area contributed by atoms with E-state index in [9.17, 15) is 9.18 Å². The summed E-state index contributed by atoms with van der Waals surface area (Å²) in [6.07, 6.45) is 8.48. The lowest BCUT2D eigenvalue weighted by atomic mass is 9.77. The molecule has 7 atom stereocenters. The van der Waals surface area contributed by atoms with Gasteiger partial charge in [-0.05, 0) is 83.8 Å². The Labute approximate surface area is 169 Å². The zero-order valence-electron chi connectivity index (χ0n) is 17.6. The molecule has 4 fully saturated rings. The van der Waals surface area contributed by atoms with Gasteiger partial charge in [-0.3, -0.25) is 4.79 Å². The number of piperidine rings is 1. The summed E-state index contributed by atoms with van der Waals surface area (Å²) >= 11 is 0. The predicted molar refractivity (Wildman–Crippen MR) is 110 cm³/mol. The summed E-state index contributed by atoms with van der Waals surface area (Å²) in [6, 6.07) is 1.46. The van der Waals surface area contributed by atoms with Gasteiger partial charge in [0.15, 0.2) is 0 Å². The molecule has 160 valence electrons. The molecule has 0 aromatic heterocycles. The van der Waals surface area contributed by atoms with Crippen LogP contribution >= 0.6 is 0 Å². The van der Waals surface area contributed by atoms with Crippen molar-refractivity contribution in [3.05, 3.63) is 0 Å². The standard InChI is InChI=1S/C22H39FN4O/c1-14-6-7-19(23)18-13-20(26-21(14)18)22(28)25-15-4-3-5-17(12-15)27(2)16-8-10-24-11-9-16/h14-21,24,26H,3-13H2,1-2H3,(H,25,28). The summed E-state index contributed by atoms with van der Waals surface area (Å²) in [5, 5.41) is 10.3. The van der Waals surface area contributed by atoms with E-state index in [4.69, 9.17) is 0 Å². The highest BCUT2D eigenvalue weighted by Gasteiger charge is 2.46. The maximum absolute atomic E-state index is 14.3. The summed E-state index contributed by atoms with van der Waals surface area (Å²) in [5.74, 6) is 0.584. The minimum Gasteiger partial charge on any atom is -0.352 e. The minimum atomic E-state index is -0.746. The van der Waals surface area contributed by atoms with Crippen LogP contribution in [-0.4, -0.2) is 67.3 Å². The van der Waals surface area contributed by atoms with E-state index in [0.29, 0.717) is 30.8 Å². The van der Waals surface area contributed by atoms with E-state index in [1.54, 1.807) is 0 Å². The number of hydrogen-bond donors (Lipinski definition) is 3. The molecule has 2 aliphatic carbocycles. The molecule has 7 unspecified atom stereocenters. The van der Waals surface area contributed by atoms with Gasteiger partial charge in [0.1, 0.15) is 6.17 Å². The Balaban J connectivity index is 1.29. The van der Waals surface area contributed by atoms with E-state index < -0.39 is 6.17 Å². The van der Waals surface area contributed by atoms with Gasteiger partial charge in [0.25, 0.3) is 0 Å². The Morgan fingerprint density at radius 2 is 1.82 bits per heavy atom. The fourth-order valence-corrected chi connectivity index (χ4v) is 6.28. The first kappa shape index (κ1) is 20.5. The van der Waals surface area contributed by atoms with Crippen LogP contribution in [0, 0.1) is 11.8 Å². The Bertz CT molecular complexity index is 523. The van der Waals surface area contributed by atoms with E-state index in [0.717, 1.165) is 32.4 Å². The Morgan fingerprint density at radius 1 is 1.04 bits per heavy atom. The second-order valence-electron chi connectivity index (χ2n) is 9.89. The Hall–Kier alpha value is -0.720. The van der Waals surface area contributed by atoms with Gasteiger partial charge >= 0.3 is 0 Å². The molecule has 4 aliphatic rings. The number of amides is 1. The van der Waals surface area contributed by atoms with E-state index in [1.165, 1.54) is 25.7 Å². The maximum atomic E-state index is 14.3. The molecule has 28 heavy (non-hydrogen) atoms. The van der Waals surface area contributed by atoms with E-state index >= 15 is 0 Å². The zero-order valence-corrected chi connectivity index (χ0v) is 17.6. The van der Waals surface area contributed by atoms with Crippen LogP contribution in [0.25, 0.3) is 0 Å². The van der Waals surface area contributed by atoms with Gasteiger partial charge in [-0.1, -0.05) is 6.92 Å². The smallest absolute Gasteiger partial charge is 0.237 e. The molecule has 6 heteroatoms. The average Bonchev–Trinajstić information content (AvgIpc) is 3.18. The highest BCUT2D eigenvalue weighted by atomic mass is 19.1. The van der Waals surface area contributed by atoms with Crippen LogP contribution < -0.4 is 16.0 Å². The Kier molecular flexibility index (Phi) is 6.58. The number of rotatable bonds is 4. The number of nitrogens with zero attached hydrogens (tertiary/aromatic N) is 1. The quantitative estimate of drug-likeness (QED) is 0.684. The number of carbonyl (C=O) groups excluding carboxylic acids is 1. The fraction of sp³-hybridized carbons (Fsp3) is 0.955. The van der Waals surface area contributed by atoms with Crippen LogP contribution in [0.15, 0.2) is 0 Å². The summed E-state index contributed by atoms with van der Waals surface area (Å²) < 4.78 is 14.3. The van der Waals surface area contributed by atoms with Gasteiger partial charge in [0.2, 0.25) is 5.91 Å².